The van der Waals surface area contributed by atoms with Crippen LogP contribution in [0.4, 0.5) is 0 Å². The van der Waals surface area contributed by atoms with E-state index in [-0.39, 0.29) is 12.0 Å². The number of carbonyl (C=O) groups excluding carboxylic acids is 1. The molecule has 0 saturated heterocycles. The fraction of sp³-hybridized carbons (Fsp3) is 0.333. The predicted octanol–water partition coefficient (Wildman–Crippen LogP) is -0.0371. The Balaban J connectivity index is 2.96. The number of carbonyl (C=O) groups is 2. The van der Waals surface area contributed by atoms with Crippen LogP contribution in [0.2, 0.25) is 0 Å². The number of hydrogen-bond donors (Lipinski definition) is 4. The molecule has 2 atom stereocenters. The highest BCUT2D eigenvalue weighted by Crippen LogP contribution is 2.23. The van der Waals surface area contributed by atoms with Crippen LogP contribution in [0.15, 0.2) is 18.2 Å². The number of aromatic carboxylic acids is 1. The van der Waals surface area contributed by atoms with Gasteiger partial charge in [0.15, 0.2) is 0 Å². The van der Waals surface area contributed by atoms with Gasteiger partial charge in [0, 0.05) is 0 Å². The molecule has 0 bridgehead atoms. The number of benzene rings is 1. The number of aliphatic hydroxyl groups is 2. The zero-order chi connectivity index (χ0) is 13.9. The van der Waals surface area contributed by atoms with Crippen molar-refractivity contribution >= 4 is 11.9 Å². The average molecular weight is 253 g/mol. The lowest BCUT2D eigenvalue weighted by molar-refractivity contribution is -0.121. The van der Waals surface area contributed by atoms with Crippen LogP contribution in [0.1, 0.15) is 34.0 Å². The van der Waals surface area contributed by atoms with Crippen molar-refractivity contribution in [1.29, 1.82) is 0 Å². The van der Waals surface area contributed by atoms with Gasteiger partial charge < -0.3 is 21.1 Å². The number of primary amides is 1. The fourth-order valence-electron chi connectivity index (χ4n) is 1.67. The second-order valence-electron chi connectivity index (χ2n) is 4.06. The van der Waals surface area contributed by atoms with E-state index >= 15 is 0 Å². The smallest absolute Gasteiger partial charge is 0.335 e. The molecule has 0 saturated carbocycles. The molecule has 0 aliphatic rings. The molecular formula is C12H15NO5. The van der Waals surface area contributed by atoms with Crippen molar-refractivity contribution in [2.24, 2.45) is 5.73 Å². The molecule has 1 amide bonds. The summed E-state index contributed by atoms with van der Waals surface area (Å²) >= 11 is 0. The Bertz CT molecular complexity index is 472. The lowest BCUT2D eigenvalue weighted by atomic mass is 9.96. The van der Waals surface area contributed by atoms with Crippen LogP contribution in [0.3, 0.4) is 0 Å². The normalized spacial score (nSPS) is 13.9. The second-order valence-corrected chi connectivity index (χ2v) is 4.06. The molecule has 1 aromatic carbocycles. The summed E-state index contributed by atoms with van der Waals surface area (Å²) in [4.78, 5) is 21.4. The summed E-state index contributed by atoms with van der Waals surface area (Å²) < 4.78 is 0. The van der Waals surface area contributed by atoms with Crippen LogP contribution in [0.5, 0.6) is 0 Å². The molecule has 6 heteroatoms. The lowest BCUT2D eigenvalue weighted by Gasteiger charge is -2.19. The van der Waals surface area contributed by atoms with E-state index in [0.717, 1.165) is 0 Å². The van der Waals surface area contributed by atoms with Gasteiger partial charge in [-0.25, -0.2) is 4.79 Å². The highest BCUT2D eigenvalue weighted by molar-refractivity contribution is 5.87. The molecule has 6 nitrogen and oxygen atoms in total. The number of carboxylic acids is 1. The number of amides is 1. The van der Waals surface area contributed by atoms with Crippen molar-refractivity contribution < 1.29 is 24.9 Å². The number of aryl methyl sites for hydroxylation is 1. The van der Waals surface area contributed by atoms with E-state index in [9.17, 15) is 19.8 Å². The number of carboxylic acid groups (broad SMARTS) is 1. The maximum Gasteiger partial charge on any atom is 0.335 e. The van der Waals surface area contributed by atoms with Crippen molar-refractivity contribution in [3.8, 4) is 0 Å². The second kappa shape index (κ2) is 5.61. The molecule has 0 heterocycles. The maximum absolute atomic E-state index is 10.7. The molecule has 98 valence electrons. The zero-order valence-corrected chi connectivity index (χ0v) is 9.83. The third-order valence-electron chi connectivity index (χ3n) is 2.61. The minimum absolute atomic E-state index is 0.0906. The highest BCUT2D eigenvalue weighted by atomic mass is 16.4. The Morgan fingerprint density at radius 1 is 1.33 bits per heavy atom. The highest BCUT2D eigenvalue weighted by Gasteiger charge is 2.22. The number of nitrogens with two attached hydrogens (primary N) is 1. The van der Waals surface area contributed by atoms with Crippen molar-refractivity contribution in [2.45, 2.75) is 25.6 Å². The quantitative estimate of drug-likeness (QED) is 0.587. The first-order valence-corrected chi connectivity index (χ1v) is 5.31. The first kappa shape index (κ1) is 14.1. The van der Waals surface area contributed by atoms with E-state index in [0.29, 0.717) is 11.1 Å². The largest absolute Gasteiger partial charge is 0.478 e. The van der Waals surface area contributed by atoms with Gasteiger partial charge in [0.1, 0.15) is 6.10 Å². The van der Waals surface area contributed by atoms with Gasteiger partial charge in [0.25, 0.3) is 0 Å². The first-order valence-electron chi connectivity index (χ1n) is 5.31. The summed E-state index contributed by atoms with van der Waals surface area (Å²) in [5, 5.41) is 28.2. The van der Waals surface area contributed by atoms with Crippen molar-refractivity contribution in [1.82, 2.24) is 0 Å². The Kier molecular flexibility index (Phi) is 4.41. The minimum atomic E-state index is -1.31. The number of hydrogen-bond acceptors (Lipinski definition) is 4. The molecule has 0 aliphatic heterocycles. The van der Waals surface area contributed by atoms with Crippen molar-refractivity contribution in [2.75, 3.05) is 0 Å². The van der Waals surface area contributed by atoms with Crippen molar-refractivity contribution in [3.63, 3.8) is 0 Å². The molecule has 0 spiro atoms. The van der Waals surface area contributed by atoms with Gasteiger partial charge in [-0.1, -0.05) is 6.07 Å². The molecule has 0 aliphatic carbocycles. The molecule has 0 radical (unpaired) electrons. The summed E-state index contributed by atoms with van der Waals surface area (Å²) in [5.41, 5.74) is 5.90. The van der Waals surface area contributed by atoms with Gasteiger partial charge in [0.05, 0.1) is 18.1 Å². The summed E-state index contributed by atoms with van der Waals surface area (Å²) in [6.45, 7) is 1.61. The van der Waals surface area contributed by atoms with E-state index in [1.54, 1.807) is 6.92 Å². The standard InChI is InChI=1S/C12H15NO5/c1-6-4-7(12(17)18)2-3-8(6)11(16)9(14)5-10(13)15/h2-4,9,11,14,16H,5H2,1H3,(H2,13,15)(H,17,18). The van der Waals surface area contributed by atoms with Gasteiger partial charge in [-0.3, -0.25) is 4.79 Å². The van der Waals surface area contributed by atoms with Crippen LogP contribution in [-0.2, 0) is 4.79 Å². The Labute approximate surface area is 104 Å². The Morgan fingerprint density at radius 3 is 2.39 bits per heavy atom. The van der Waals surface area contributed by atoms with Crippen LogP contribution in [0.25, 0.3) is 0 Å². The number of rotatable bonds is 5. The van der Waals surface area contributed by atoms with Gasteiger partial charge >= 0.3 is 5.97 Å². The molecule has 18 heavy (non-hydrogen) atoms. The Hall–Kier alpha value is -1.92. The van der Waals surface area contributed by atoms with E-state index in [2.05, 4.69) is 0 Å². The van der Waals surface area contributed by atoms with Gasteiger partial charge in [-0.2, -0.15) is 0 Å². The van der Waals surface area contributed by atoms with Gasteiger partial charge in [0.2, 0.25) is 5.91 Å². The SMILES string of the molecule is Cc1cc(C(=O)O)ccc1C(O)C(O)CC(N)=O. The summed E-state index contributed by atoms with van der Waals surface area (Å²) in [6, 6.07) is 4.12. The summed E-state index contributed by atoms with van der Waals surface area (Å²) in [6.07, 6.45) is -2.95. The first-order chi connectivity index (χ1) is 8.32. The zero-order valence-electron chi connectivity index (χ0n) is 9.83. The van der Waals surface area contributed by atoms with Gasteiger partial charge in [-0.05, 0) is 30.2 Å². The monoisotopic (exact) mass is 253 g/mol. The van der Waals surface area contributed by atoms with Gasteiger partial charge in [-0.15, -0.1) is 0 Å². The lowest BCUT2D eigenvalue weighted by Crippen LogP contribution is -2.26. The van der Waals surface area contributed by atoms with E-state index in [1.807, 2.05) is 0 Å². The minimum Gasteiger partial charge on any atom is -0.478 e. The van der Waals surface area contributed by atoms with Crippen LogP contribution < -0.4 is 5.73 Å². The van der Waals surface area contributed by atoms with E-state index in [1.165, 1.54) is 18.2 Å². The van der Waals surface area contributed by atoms with Crippen LogP contribution in [0, 0.1) is 6.92 Å². The Morgan fingerprint density at radius 2 is 1.94 bits per heavy atom. The number of aliphatic hydroxyl groups excluding tert-OH is 2. The molecular weight excluding hydrogens is 238 g/mol. The maximum atomic E-state index is 10.7. The third-order valence-corrected chi connectivity index (χ3v) is 2.61. The third kappa shape index (κ3) is 3.28. The fourth-order valence-corrected chi connectivity index (χ4v) is 1.67. The molecule has 0 fully saturated rings. The molecule has 2 unspecified atom stereocenters. The van der Waals surface area contributed by atoms with E-state index < -0.39 is 24.1 Å². The topological polar surface area (TPSA) is 121 Å². The van der Waals surface area contributed by atoms with Crippen LogP contribution in [-0.4, -0.2) is 33.3 Å². The summed E-state index contributed by atoms with van der Waals surface area (Å²) in [7, 11) is 0. The average Bonchev–Trinajstić information content (AvgIpc) is 2.26. The molecule has 1 rings (SSSR count). The predicted molar refractivity (Wildman–Crippen MR) is 62.9 cm³/mol. The summed E-state index contributed by atoms with van der Waals surface area (Å²) in [5.74, 6) is -1.79. The molecule has 1 aromatic rings. The van der Waals surface area contributed by atoms with Crippen LogP contribution >= 0.6 is 0 Å². The molecule has 0 aromatic heterocycles. The molecule has 5 N–H and O–H groups in total. The van der Waals surface area contributed by atoms with Crippen molar-refractivity contribution in [3.05, 3.63) is 34.9 Å². The van der Waals surface area contributed by atoms with E-state index in [4.69, 9.17) is 10.8 Å².